The molecule has 1 heterocycles. The molecule has 1 rings (SSSR count). The number of nitrogens with two attached hydrogens (primary N) is 1. The van der Waals surface area contributed by atoms with E-state index in [2.05, 4.69) is 5.32 Å². The van der Waals surface area contributed by atoms with E-state index in [4.69, 9.17) is 10.5 Å². The van der Waals surface area contributed by atoms with Gasteiger partial charge >= 0.3 is 6.09 Å². The van der Waals surface area contributed by atoms with Gasteiger partial charge in [-0.3, -0.25) is 9.59 Å². The minimum Gasteiger partial charge on any atom is -0.447 e. The van der Waals surface area contributed by atoms with Crippen LogP contribution in [-0.2, 0) is 14.3 Å². The molecule has 0 aromatic rings. The highest BCUT2D eigenvalue weighted by Crippen LogP contribution is 2.20. The Morgan fingerprint density at radius 3 is 2.33 bits per heavy atom. The van der Waals surface area contributed by atoms with Crippen molar-refractivity contribution < 1.29 is 19.1 Å². The largest absolute Gasteiger partial charge is 0.447 e. The van der Waals surface area contributed by atoms with Gasteiger partial charge in [0.05, 0.1) is 6.10 Å². The quantitative estimate of drug-likeness (QED) is 0.777. The van der Waals surface area contributed by atoms with E-state index in [1.807, 2.05) is 13.8 Å². The molecule has 1 fully saturated rings. The molecular weight excluding hydrogens is 274 g/mol. The first kappa shape index (κ1) is 17.3. The number of primary amides is 1. The summed E-state index contributed by atoms with van der Waals surface area (Å²) in [5.74, 6) is -0.911. The first-order chi connectivity index (χ1) is 9.73. The molecule has 1 aliphatic rings. The van der Waals surface area contributed by atoms with Crippen molar-refractivity contribution in [2.24, 2.45) is 11.7 Å². The Labute approximate surface area is 125 Å². The second kappa shape index (κ2) is 7.28. The van der Waals surface area contributed by atoms with Crippen LogP contribution < -0.4 is 11.1 Å². The Kier molecular flexibility index (Phi) is 5.99. The predicted molar refractivity (Wildman–Crippen MR) is 77.3 cm³/mol. The molecule has 7 heteroatoms. The predicted octanol–water partition coefficient (Wildman–Crippen LogP) is 0.622. The summed E-state index contributed by atoms with van der Waals surface area (Å²) < 4.78 is 5.01. The molecule has 2 unspecified atom stereocenters. The first-order valence-corrected chi connectivity index (χ1v) is 7.31. The number of amides is 3. The van der Waals surface area contributed by atoms with Crippen molar-refractivity contribution >= 4 is 17.9 Å². The van der Waals surface area contributed by atoms with E-state index >= 15 is 0 Å². The summed E-state index contributed by atoms with van der Waals surface area (Å²) in [6, 6.07) is -1.31. The Morgan fingerprint density at radius 2 is 1.86 bits per heavy atom. The number of nitrogens with one attached hydrogen (secondary N) is 1. The summed E-state index contributed by atoms with van der Waals surface area (Å²) in [5.41, 5.74) is 5.32. The number of nitrogens with zero attached hydrogens (tertiary/aromatic N) is 1. The van der Waals surface area contributed by atoms with Gasteiger partial charge in [-0.05, 0) is 32.6 Å². The van der Waals surface area contributed by atoms with Crippen molar-refractivity contribution in [3.05, 3.63) is 0 Å². The molecule has 1 saturated heterocycles. The zero-order valence-corrected chi connectivity index (χ0v) is 13.1. The lowest BCUT2D eigenvalue weighted by molar-refractivity contribution is -0.139. The highest BCUT2D eigenvalue weighted by atomic mass is 16.6. The number of alkyl carbamates (subject to hydrolysis) is 1. The number of ether oxygens (including phenoxy) is 1. The molecule has 0 saturated carbocycles. The molecule has 3 amide bonds. The number of carbonyl (C=O) groups is 3. The second-order valence-electron chi connectivity index (χ2n) is 5.91. The molecule has 0 spiro atoms. The topological polar surface area (TPSA) is 102 Å². The highest BCUT2D eigenvalue weighted by molar-refractivity contribution is 5.91. The van der Waals surface area contributed by atoms with Crippen LogP contribution in [0.15, 0.2) is 0 Å². The zero-order valence-electron chi connectivity index (χ0n) is 13.1. The molecular formula is C14H25N3O4. The van der Waals surface area contributed by atoms with Crippen molar-refractivity contribution in [2.75, 3.05) is 6.54 Å². The molecule has 1 aliphatic heterocycles. The third-order valence-electron chi connectivity index (χ3n) is 3.41. The Hall–Kier alpha value is -1.79. The van der Waals surface area contributed by atoms with E-state index in [-0.39, 0.29) is 17.9 Å². The Morgan fingerprint density at radius 1 is 1.24 bits per heavy atom. The maximum atomic E-state index is 12.6. The zero-order chi connectivity index (χ0) is 16.2. The number of hydrogen-bond donors (Lipinski definition) is 2. The van der Waals surface area contributed by atoms with Crippen LogP contribution >= 0.6 is 0 Å². The molecule has 120 valence electrons. The minimum atomic E-state index is -0.726. The smallest absolute Gasteiger partial charge is 0.408 e. The lowest BCUT2D eigenvalue weighted by atomic mass is 10.0. The van der Waals surface area contributed by atoms with Gasteiger partial charge in [0.25, 0.3) is 0 Å². The summed E-state index contributed by atoms with van der Waals surface area (Å²) in [7, 11) is 0. The summed E-state index contributed by atoms with van der Waals surface area (Å²) in [5, 5.41) is 2.58. The van der Waals surface area contributed by atoms with Crippen LogP contribution in [0.4, 0.5) is 4.79 Å². The van der Waals surface area contributed by atoms with Crippen LogP contribution in [0.2, 0.25) is 0 Å². The average Bonchev–Trinajstić information content (AvgIpc) is 2.83. The van der Waals surface area contributed by atoms with Gasteiger partial charge < -0.3 is 20.7 Å². The molecule has 0 aliphatic carbocycles. The van der Waals surface area contributed by atoms with E-state index in [0.717, 1.165) is 6.42 Å². The Bertz CT molecular complexity index is 409. The third-order valence-corrected chi connectivity index (χ3v) is 3.41. The molecule has 21 heavy (non-hydrogen) atoms. The lowest BCUT2D eigenvalue weighted by Gasteiger charge is -2.29. The normalized spacial score (nSPS) is 19.7. The van der Waals surface area contributed by atoms with Gasteiger partial charge in [0, 0.05) is 6.54 Å². The molecule has 7 nitrogen and oxygen atoms in total. The lowest BCUT2D eigenvalue weighted by Crippen LogP contribution is -2.54. The molecule has 0 radical (unpaired) electrons. The van der Waals surface area contributed by atoms with Crippen molar-refractivity contribution in [1.82, 2.24) is 10.2 Å². The third kappa shape index (κ3) is 4.61. The van der Waals surface area contributed by atoms with E-state index < -0.39 is 24.1 Å². The van der Waals surface area contributed by atoms with Gasteiger partial charge in [-0.15, -0.1) is 0 Å². The maximum Gasteiger partial charge on any atom is 0.408 e. The number of hydrogen-bond acceptors (Lipinski definition) is 4. The number of likely N-dealkylation sites (tertiary alicyclic amines) is 1. The standard InChI is InChI=1S/C14H25N3O4/c1-8(2)11(16-14(20)21-9(3)4)13(19)17-7-5-6-10(17)12(15)18/h8-11H,5-7H2,1-4H3,(H2,15,18)(H,16,20). The van der Waals surface area contributed by atoms with E-state index in [1.165, 1.54) is 4.90 Å². The molecule has 2 atom stereocenters. The van der Waals surface area contributed by atoms with Crippen LogP contribution in [-0.4, -0.2) is 47.5 Å². The number of rotatable bonds is 5. The van der Waals surface area contributed by atoms with E-state index in [1.54, 1.807) is 13.8 Å². The number of carbonyl (C=O) groups excluding carboxylic acids is 3. The monoisotopic (exact) mass is 299 g/mol. The minimum absolute atomic E-state index is 0.119. The van der Waals surface area contributed by atoms with E-state index in [0.29, 0.717) is 13.0 Å². The van der Waals surface area contributed by atoms with Gasteiger partial charge in [0.15, 0.2) is 0 Å². The summed E-state index contributed by atoms with van der Waals surface area (Å²) in [6.07, 6.45) is 0.410. The van der Waals surface area contributed by atoms with Crippen LogP contribution in [0.25, 0.3) is 0 Å². The van der Waals surface area contributed by atoms with Gasteiger partial charge in [0.2, 0.25) is 11.8 Å². The van der Waals surface area contributed by atoms with E-state index in [9.17, 15) is 14.4 Å². The summed E-state index contributed by atoms with van der Waals surface area (Å²) >= 11 is 0. The molecule has 3 N–H and O–H groups in total. The summed E-state index contributed by atoms with van der Waals surface area (Å²) in [6.45, 7) is 7.60. The fourth-order valence-electron chi connectivity index (χ4n) is 2.39. The molecule has 0 bridgehead atoms. The molecule has 0 aromatic heterocycles. The first-order valence-electron chi connectivity index (χ1n) is 7.31. The van der Waals surface area contributed by atoms with Gasteiger partial charge in [0.1, 0.15) is 12.1 Å². The average molecular weight is 299 g/mol. The van der Waals surface area contributed by atoms with Crippen LogP contribution in [0.3, 0.4) is 0 Å². The molecule has 0 aromatic carbocycles. The fourth-order valence-corrected chi connectivity index (χ4v) is 2.39. The fraction of sp³-hybridized carbons (Fsp3) is 0.786. The Balaban J connectivity index is 2.78. The SMILES string of the molecule is CC(C)OC(=O)NC(C(=O)N1CCCC1C(N)=O)C(C)C. The van der Waals surface area contributed by atoms with Crippen molar-refractivity contribution in [1.29, 1.82) is 0 Å². The maximum absolute atomic E-state index is 12.6. The van der Waals surface area contributed by atoms with Crippen LogP contribution in [0.5, 0.6) is 0 Å². The summed E-state index contributed by atoms with van der Waals surface area (Å²) in [4.78, 5) is 37.1. The van der Waals surface area contributed by atoms with Crippen molar-refractivity contribution in [2.45, 2.75) is 58.7 Å². The van der Waals surface area contributed by atoms with Crippen LogP contribution in [0, 0.1) is 5.92 Å². The van der Waals surface area contributed by atoms with Crippen molar-refractivity contribution in [3.63, 3.8) is 0 Å². The van der Waals surface area contributed by atoms with Crippen molar-refractivity contribution in [3.8, 4) is 0 Å². The second-order valence-corrected chi connectivity index (χ2v) is 5.91. The van der Waals surface area contributed by atoms with Crippen LogP contribution in [0.1, 0.15) is 40.5 Å². The van der Waals surface area contributed by atoms with Gasteiger partial charge in [-0.1, -0.05) is 13.8 Å². The van der Waals surface area contributed by atoms with Gasteiger partial charge in [-0.25, -0.2) is 4.79 Å². The van der Waals surface area contributed by atoms with Gasteiger partial charge in [-0.2, -0.15) is 0 Å². The highest BCUT2D eigenvalue weighted by Gasteiger charge is 2.37.